The van der Waals surface area contributed by atoms with Crippen LogP contribution in [0.1, 0.15) is 24.8 Å². The van der Waals surface area contributed by atoms with Crippen LogP contribution in [-0.4, -0.2) is 42.5 Å². The molecular formula is C25H28FN3O. The van der Waals surface area contributed by atoms with E-state index in [-0.39, 0.29) is 11.7 Å². The zero-order valence-electron chi connectivity index (χ0n) is 17.1. The molecule has 5 heteroatoms. The summed E-state index contributed by atoms with van der Waals surface area (Å²) < 4.78 is 13.2. The van der Waals surface area contributed by atoms with Crippen molar-refractivity contribution < 1.29 is 9.18 Å². The molecule has 2 aromatic rings. The first-order valence-electron chi connectivity index (χ1n) is 10.6. The second-order valence-electron chi connectivity index (χ2n) is 8.00. The molecule has 2 aliphatic heterocycles. The maximum Gasteiger partial charge on any atom is 0.248 e. The maximum atomic E-state index is 13.2. The molecule has 30 heavy (non-hydrogen) atoms. The van der Waals surface area contributed by atoms with E-state index >= 15 is 0 Å². The minimum Gasteiger partial charge on any atom is -0.370 e. The van der Waals surface area contributed by atoms with E-state index < -0.39 is 0 Å². The fourth-order valence-electron chi connectivity index (χ4n) is 4.49. The number of rotatable bonds is 6. The summed E-state index contributed by atoms with van der Waals surface area (Å²) >= 11 is 0. The molecule has 0 bridgehead atoms. The predicted octanol–water partition coefficient (Wildman–Crippen LogP) is 4.71. The number of hydrogen-bond donors (Lipinski definition) is 1. The van der Waals surface area contributed by atoms with Gasteiger partial charge in [0.25, 0.3) is 0 Å². The van der Waals surface area contributed by atoms with E-state index in [4.69, 9.17) is 0 Å². The van der Waals surface area contributed by atoms with Crippen LogP contribution < -0.4 is 10.2 Å². The van der Waals surface area contributed by atoms with Gasteiger partial charge in [0.1, 0.15) is 5.82 Å². The smallest absolute Gasteiger partial charge is 0.248 e. The Bertz CT molecular complexity index is 924. The number of amides is 1. The van der Waals surface area contributed by atoms with Gasteiger partial charge in [-0.15, -0.1) is 6.58 Å². The highest BCUT2D eigenvalue weighted by molar-refractivity contribution is 6.02. The minimum atomic E-state index is -0.318. The minimum absolute atomic E-state index is 0.238. The van der Waals surface area contributed by atoms with Gasteiger partial charge in [-0.3, -0.25) is 9.69 Å². The molecule has 2 atom stereocenters. The van der Waals surface area contributed by atoms with Crippen molar-refractivity contribution in [2.45, 2.75) is 31.3 Å². The quantitative estimate of drug-likeness (QED) is 0.559. The normalized spacial score (nSPS) is 22.0. The van der Waals surface area contributed by atoms with Crippen molar-refractivity contribution >= 4 is 23.4 Å². The molecule has 4 nitrogen and oxygen atoms in total. The van der Waals surface area contributed by atoms with Gasteiger partial charge < -0.3 is 10.2 Å². The summed E-state index contributed by atoms with van der Waals surface area (Å²) in [4.78, 5) is 17.2. The standard InChI is InChI=1S/C25H28FN3O/c1-2-22-7-4-15-29(22)24-14-16-28(18-24)23-11-9-21(10-12-23)27-25(30)13-8-19-5-3-6-20(26)17-19/h2-3,5-6,8-13,17,22,24H,1,4,7,14-16,18H2,(H,27,30)/b13-8+. The average molecular weight is 406 g/mol. The maximum absolute atomic E-state index is 13.2. The second kappa shape index (κ2) is 9.26. The molecule has 2 unspecified atom stereocenters. The highest BCUT2D eigenvalue weighted by atomic mass is 19.1. The fraction of sp³-hybridized carbons (Fsp3) is 0.320. The summed E-state index contributed by atoms with van der Waals surface area (Å²) in [6, 6.07) is 15.2. The molecule has 2 saturated heterocycles. The SMILES string of the molecule is C=CC1CCCN1C1CCN(c2ccc(NC(=O)/C=C/c3cccc(F)c3)cc2)C1. The largest absolute Gasteiger partial charge is 0.370 e. The number of anilines is 2. The van der Waals surface area contributed by atoms with E-state index in [1.165, 1.54) is 49.7 Å². The molecular weight excluding hydrogens is 377 g/mol. The summed E-state index contributed by atoms with van der Waals surface area (Å²) in [7, 11) is 0. The third-order valence-corrected chi connectivity index (χ3v) is 6.02. The van der Waals surface area contributed by atoms with E-state index in [0.717, 1.165) is 18.8 Å². The van der Waals surface area contributed by atoms with Gasteiger partial charge in [0.2, 0.25) is 5.91 Å². The molecule has 0 aliphatic carbocycles. The highest BCUT2D eigenvalue weighted by Gasteiger charge is 2.33. The molecule has 0 radical (unpaired) electrons. The highest BCUT2D eigenvalue weighted by Crippen LogP contribution is 2.29. The zero-order valence-corrected chi connectivity index (χ0v) is 17.1. The van der Waals surface area contributed by atoms with Crippen molar-refractivity contribution in [3.05, 3.63) is 78.6 Å². The van der Waals surface area contributed by atoms with E-state index in [2.05, 4.69) is 39.9 Å². The van der Waals surface area contributed by atoms with E-state index in [1.807, 2.05) is 12.1 Å². The molecule has 0 spiro atoms. The topological polar surface area (TPSA) is 35.6 Å². The molecule has 2 fully saturated rings. The Morgan fingerprint density at radius 3 is 2.73 bits per heavy atom. The van der Waals surface area contributed by atoms with Gasteiger partial charge >= 0.3 is 0 Å². The number of likely N-dealkylation sites (tertiary alicyclic amines) is 1. The molecule has 0 saturated carbocycles. The molecule has 0 aromatic heterocycles. The van der Waals surface area contributed by atoms with Gasteiger partial charge in [0, 0.05) is 42.6 Å². The van der Waals surface area contributed by atoms with E-state index in [9.17, 15) is 9.18 Å². The summed E-state index contributed by atoms with van der Waals surface area (Å²) in [5, 5.41) is 2.85. The Morgan fingerprint density at radius 1 is 1.13 bits per heavy atom. The van der Waals surface area contributed by atoms with Crippen LogP contribution in [0.4, 0.5) is 15.8 Å². The van der Waals surface area contributed by atoms with Crippen molar-refractivity contribution in [3.63, 3.8) is 0 Å². The van der Waals surface area contributed by atoms with Crippen LogP contribution in [0.5, 0.6) is 0 Å². The number of benzene rings is 2. The number of carbonyl (C=O) groups excluding carboxylic acids is 1. The van der Waals surface area contributed by atoms with Crippen molar-refractivity contribution in [2.24, 2.45) is 0 Å². The molecule has 2 aliphatic rings. The Hall–Kier alpha value is -2.92. The van der Waals surface area contributed by atoms with Crippen LogP contribution in [-0.2, 0) is 4.79 Å². The van der Waals surface area contributed by atoms with Crippen LogP contribution in [0, 0.1) is 5.82 Å². The van der Waals surface area contributed by atoms with E-state index in [1.54, 1.807) is 18.2 Å². The van der Waals surface area contributed by atoms with Crippen LogP contribution in [0.25, 0.3) is 6.08 Å². The van der Waals surface area contributed by atoms with Crippen LogP contribution in [0.15, 0.2) is 67.3 Å². The van der Waals surface area contributed by atoms with Crippen molar-refractivity contribution in [2.75, 3.05) is 29.9 Å². The molecule has 156 valence electrons. The number of carbonyl (C=O) groups is 1. The third kappa shape index (κ3) is 4.79. The average Bonchev–Trinajstić information content (AvgIpc) is 3.42. The number of nitrogens with zero attached hydrogens (tertiary/aromatic N) is 2. The van der Waals surface area contributed by atoms with E-state index in [0.29, 0.717) is 17.6 Å². The third-order valence-electron chi connectivity index (χ3n) is 6.02. The Labute approximate surface area is 177 Å². The van der Waals surface area contributed by atoms with Crippen LogP contribution >= 0.6 is 0 Å². The van der Waals surface area contributed by atoms with Gasteiger partial charge in [-0.05, 0) is 73.8 Å². The van der Waals surface area contributed by atoms with Gasteiger partial charge in [0.05, 0.1) is 0 Å². The summed E-state index contributed by atoms with van der Waals surface area (Å²) in [6.45, 7) is 7.25. The first-order valence-corrected chi connectivity index (χ1v) is 10.6. The number of halogens is 1. The molecule has 2 aromatic carbocycles. The lowest BCUT2D eigenvalue weighted by Gasteiger charge is -2.29. The molecule has 4 rings (SSSR count). The molecule has 1 N–H and O–H groups in total. The number of hydrogen-bond acceptors (Lipinski definition) is 3. The molecule has 2 heterocycles. The first-order chi connectivity index (χ1) is 14.6. The van der Waals surface area contributed by atoms with Crippen molar-refractivity contribution in [1.82, 2.24) is 4.90 Å². The monoisotopic (exact) mass is 405 g/mol. The second-order valence-corrected chi connectivity index (χ2v) is 8.00. The lowest BCUT2D eigenvalue weighted by molar-refractivity contribution is -0.111. The summed E-state index contributed by atoms with van der Waals surface area (Å²) in [5.74, 6) is -0.556. The van der Waals surface area contributed by atoms with Gasteiger partial charge in [-0.1, -0.05) is 18.2 Å². The molecule has 1 amide bonds. The van der Waals surface area contributed by atoms with Gasteiger partial charge in [0.15, 0.2) is 0 Å². The number of nitrogens with one attached hydrogen (secondary N) is 1. The van der Waals surface area contributed by atoms with Crippen LogP contribution in [0.3, 0.4) is 0 Å². The zero-order chi connectivity index (χ0) is 20.9. The Kier molecular flexibility index (Phi) is 6.29. The Morgan fingerprint density at radius 2 is 1.97 bits per heavy atom. The van der Waals surface area contributed by atoms with Gasteiger partial charge in [-0.2, -0.15) is 0 Å². The van der Waals surface area contributed by atoms with Crippen LogP contribution in [0.2, 0.25) is 0 Å². The van der Waals surface area contributed by atoms with Crippen molar-refractivity contribution in [3.8, 4) is 0 Å². The predicted molar refractivity (Wildman–Crippen MR) is 121 cm³/mol. The summed E-state index contributed by atoms with van der Waals surface area (Å²) in [6.07, 6.45) is 8.77. The lowest BCUT2D eigenvalue weighted by atomic mass is 10.1. The fourth-order valence-corrected chi connectivity index (χ4v) is 4.49. The lowest BCUT2D eigenvalue weighted by Crippen LogP contribution is -2.40. The summed E-state index contributed by atoms with van der Waals surface area (Å²) in [5.41, 5.74) is 2.58. The Balaban J connectivity index is 1.32. The first kappa shape index (κ1) is 20.4. The van der Waals surface area contributed by atoms with Gasteiger partial charge in [-0.25, -0.2) is 4.39 Å². The van der Waals surface area contributed by atoms with Crippen molar-refractivity contribution in [1.29, 1.82) is 0 Å².